The minimum Gasteiger partial charge on any atom is -0.345 e. The minimum atomic E-state index is -0.240. The van der Waals surface area contributed by atoms with E-state index < -0.39 is 0 Å². The maximum atomic E-state index is 12.3. The van der Waals surface area contributed by atoms with E-state index in [1.807, 2.05) is 46.9 Å². The summed E-state index contributed by atoms with van der Waals surface area (Å²) in [5.74, 6) is -0.240. The molecule has 0 aliphatic rings. The molecule has 0 aliphatic carbocycles. The van der Waals surface area contributed by atoms with Crippen LogP contribution in [0.2, 0.25) is 0 Å². The highest BCUT2D eigenvalue weighted by atomic mass is 16.1. The zero-order chi connectivity index (χ0) is 15.6. The molecule has 0 bridgehead atoms. The van der Waals surface area contributed by atoms with Crippen molar-refractivity contribution in [1.29, 1.82) is 0 Å². The number of rotatable bonds is 3. The summed E-state index contributed by atoms with van der Waals surface area (Å²) in [6, 6.07) is 13.4. The van der Waals surface area contributed by atoms with Crippen LogP contribution >= 0.6 is 0 Å². The monoisotopic (exact) mass is 303 g/mol. The summed E-state index contributed by atoms with van der Waals surface area (Å²) >= 11 is 0. The van der Waals surface area contributed by atoms with Crippen LogP contribution in [0.4, 0.5) is 0 Å². The Morgan fingerprint density at radius 3 is 2.83 bits per heavy atom. The van der Waals surface area contributed by atoms with Crippen LogP contribution in [-0.2, 0) is 6.54 Å². The van der Waals surface area contributed by atoms with Gasteiger partial charge in [-0.3, -0.25) is 14.2 Å². The number of pyridine rings is 1. The molecule has 0 saturated heterocycles. The van der Waals surface area contributed by atoms with Gasteiger partial charge in [-0.25, -0.2) is 9.97 Å². The molecular formula is C17H13N5O. The van der Waals surface area contributed by atoms with Gasteiger partial charge in [-0.15, -0.1) is 0 Å². The first kappa shape index (κ1) is 13.4. The van der Waals surface area contributed by atoms with Gasteiger partial charge in [-0.1, -0.05) is 18.2 Å². The highest BCUT2D eigenvalue weighted by molar-refractivity contribution is 5.92. The predicted molar refractivity (Wildman–Crippen MR) is 85.9 cm³/mol. The Kier molecular flexibility index (Phi) is 3.20. The molecule has 0 atom stereocenters. The van der Waals surface area contributed by atoms with E-state index >= 15 is 0 Å². The predicted octanol–water partition coefficient (Wildman–Crippen LogP) is 2.21. The first-order chi connectivity index (χ1) is 11.3. The number of nitrogens with zero attached hydrogens (tertiary/aromatic N) is 4. The molecule has 0 saturated carbocycles. The van der Waals surface area contributed by atoms with E-state index in [9.17, 15) is 4.79 Å². The van der Waals surface area contributed by atoms with Gasteiger partial charge >= 0.3 is 0 Å². The van der Waals surface area contributed by atoms with Gasteiger partial charge in [0.2, 0.25) is 0 Å². The normalized spacial score (nSPS) is 11.0. The number of benzene rings is 1. The van der Waals surface area contributed by atoms with Crippen LogP contribution in [0.3, 0.4) is 0 Å². The average Bonchev–Trinajstić information content (AvgIpc) is 2.98. The van der Waals surface area contributed by atoms with Crippen molar-refractivity contribution in [3.8, 4) is 0 Å². The molecule has 0 fully saturated rings. The topological polar surface area (TPSA) is 72.2 Å². The lowest BCUT2D eigenvalue weighted by molar-refractivity contribution is 0.0945. The van der Waals surface area contributed by atoms with Crippen LogP contribution in [0.15, 0.2) is 61.1 Å². The lowest BCUT2D eigenvalue weighted by Crippen LogP contribution is -2.24. The van der Waals surface area contributed by atoms with Gasteiger partial charge in [0.15, 0.2) is 5.65 Å². The average molecular weight is 303 g/mol. The van der Waals surface area contributed by atoms with Crippen LogP contribution in [-0.4, -0.2) is 25.3 Å². The zero-order valence-corrected chi connectivity index (χ0v) is 12.2. The maximum absolute atomic E-state index is 12.3. The third-order valence-corrected chi connectivity index (χ3v) is 3.58. The molecule has 23 heavy (non-hydrogen) atoms. The highest BCUT2D eigenvalue weighted by Gasteiger charge is 2.11. The number of carbonyl (C=O) groups is 1. The van der Waals surface area contributed by atoms with Crippen LogP contribution in [0, 0.1) is 0 Å². The van der Waals surface area contributed by atoms with Crippen LogP contribution in [0.25, 0.3) is 16.7 Å². The number of hydrogen-bond acceptors (Lipinski definition) is 4. The van der Waals surface area contributed by atoms with Crippen molar-refractivity contribution in [2.24, 2.45) is 0 Å². The van der Waals surface area contributed by atoms with Crippen LogP contribution in [0.5, 0.6) is 0 Å². The van der Waals surface area contributed by atoms with E-state index in [4.69, 9.17) is 0 Å². The number of imidazole rings is 1. The van der Waals surface area contributed by atoms with Crippen molar-refractivity contribution in [1.82, 2.24) is 24.7 Å². The smallest absolute Gasteiger partial charge is 0.271 e. The summed E-state index contributed by atoms with van der Waals surface area (Å²) in [6.07, 6.45) is 5.01. The van der Waals surface area contributed by atoms with E-state index in [2.05, 4.69) is 20.3 Å². The zero-order valence-electron chi connectivity index (χ0n) is 12.2. The van der Waals surface area contributed by atoms with Crippen molar-refractivity contribution < 1.29 is 4.79 Å². The third kappa shape index (κ3) is 2.50. The molecule has 1 aromatic carbocycles. The first-order valence-corrected chi connectivity index (χ1v) is 7.22. The van der Waals surface area contributed by atoms with Gasteiger partial charge in [0, 0.05) is 12.4 Å². The minimum absolute atomic E-state index is 0.240. The van der Waals surface area contributed by atoms with E-state index in [1.165, 1.54) is 0 Å². The van der Waals surface area contributed by atoms with E-state index in [0.29, 0.717) is 17.9 Å². The summed E-state index contributed by atoms with van der Waals surface area (Å²) in [5, 5.41) is 2.82. The summed E-state index contributed by atoms with van der Waals surface area (Å²) in [5.41, 5.74) is 3.68. The molecule has 1 amide bonds. The number of fused-ring (bicyclic) bond motifs is 3. The standard InChI is InChI=1S/C17H13N5O/c23-17(20-9-12-5-3-4-8-18-12)14-11-22-15-7-2-1-6-13(15)21-16(22)10-19-14/h1-8,10-11H,9H2,(H,20,23). The summed E-state index contributed by atoms with van der Waals surface area (Å²) in [6.45, 7) is 0.365. The largest absolute Gasteiger partial charge is 0.345 e. The highest BCUT2D eigenvalue weighted by Crippen LogP contribution is 2.15. The van der Waals surface area contributed by atoms with Gasteiger partial charge in [-0.2, -0.15) is 0 Å². The van der Waals surface area contributed by atoms with Crippen molar-refractivity contribution in [2.45, 2.75) is 6.54 Å². The molecular weight excluding hydrogens is 290 g/mol. The summed E-state index contributed by atoms with van der Waals surface area (Å²) in [4.78, 5) is 25.1. The molecule has 0 aliphatic heterocycles. The van der Waals surface area contributed by atoms with Crippen molar-refractivity contribution in [3.05, 3.63) is 72.4 Å². The second-order valence-corrected chi connectivity index (χ2v) is 5.11. The Hall–Kier alpha value is -3.28. The fourth-order valence-electron chi connectivity index (χ4n) is 2.45. The number of amides is 1. The third-order valence-electron chi connectivity index (χ3n) is 3.58. The van der Waals surface area contributed by atoms with Crippen LogP contribution in [0.1, 0.15) is 16.2 Å². The second-order valence-electron chi connectivity index (χ2n) is 5.11. The van der Waals surface area contributed by atoms with E-state index in [-0.39, 0.29) is 5.91 Å². The molecule has 4 aromatic rings. The Morgan fingerprint density at radius 2 is 1.96 bits per heavy atom. The van der Waals surface area contributed by atoms with Crippen molar-refractivity contribution in [2.75, 3.05) is 0 Å². The number of carbonyl (C=O) groups excluding carboxylic acids is 1. The number of aromatic nitrogens is 4. The fraction of sp³-hybridized carbons (Fsp3) is 0.0588. The van der Waals surface area contributed by atoms with Gasteiger partial charge in [0.1, 0.15) is 5.69 Å². The Balaban J connectivity index is 1.63. The van der Waals surface area contributed by atoms with Crippen molar-refractivity contribution in [3.63, 3.8) is 0 Å². The molecule has 0 spiro atoms. The lowest BCUT2D eigenvalue weighted by atomic mass is 10.3. The van der Waals surface area contributed by atoms with Crippen LogP contribution < -0.4 is 5.32 Å². The quantitative estimate of drug-likeness (QED) is 0.630. The summed E-state index contributed by atoms with van der Waals surface area (Å²) in [7, 11) is 0. The van der Waals surface area contributed by atoms with Gasteiger partial charge in [0.05, 0.1) is 29.5 Å². The fourth-order valence-corrected chi connectivity index (χ4v) is 2.45. The van der Waals surface area contributed by atoms with Gasteiger partial charge in [-0.05, 0) is 24.3 Å². The molecule has 0 radical (unpaired) electrons. The SMILES string of the molecule is O=C(NCc1ccccn1)c1cn2c(cn1)nc1ccccc12. The Morgan fingerprint density at radius 1 is 1.09 bits per heavy atom. The second kappa shape index (κ2) is 5.49. The first-order valence-electron chi connectivity index (χ1n) is 7.22. The van der Waals surface area contributed by atoms with E-state index in [0.717, 1.165) is 16.7 Å². The molecule has 1 N–H and O–H groups in total. The molecule has 3 aromatic heterocycles. The molecule has 6 nitrogen and oxygen atoms in total. The number of para-hydroxylation sites is 2. The maximum Gasteiger partial charge on any atom is 0.271 e. The molecule has 6 heteroatoms. The number of nitrogens with one attached hydrogen (secondary N) is 1. The van der Waals surface area contributed by atoms with Gasteiger partial charge in [0.25, 0.3) is 5.91 Å². The Bertz CT molecular complexity index is 994. The summed E-state index contributed by atoms with van der Waals surface area (Å²) < 4.78 is 1.87. The molecule has 0 unspecified atom stereocenters. The molecule has 3 heterocycles. The molecule has 4 rings (SSSR count). The lowest BCUT2D eigenvalue weighted by Gasteiger charge is -2.04. The molecule has 112 valence electrons. The van der Waals surface area contributed by atoms with Crippen molar-refractivity contribution >= 4 is 22.6 Å². The van der Waals surface area contributed by atoms with E-state index in [1.54, 1.807) is 18.6 Å². The van der Waals surface area contributed by atoms with Gasteiger partial charge < -0.3 is 5.32 Å². The Labute approximate surface area is 131 Å². The number of hydrogen-bond donors (Lipinski definition) is 1.